The Kier molecular flexibility index (Phi) is 6.11. The molecular weight excluding hydrogens is 291 g/mol. The number of halogens is 2. The molecule has 2 aromatic carbocycles. The first kappa shape index (κ1) is 17.0. The summed E-state index contributed by atoms with van der Waals surface area (Å²) >= 11 is 0. The minimum Gasteiger partial charge on any atom is -0.508 e. The summed E-state index contributed by atoms with van der Waals surface area (Å²) in [6.07, 6.45) is 0. The van der Waals surface area contributed by atoms with Crippen molar-refractivity contribution in [3.05, 3.63) is 36.4 Å². The fourth-order valence-corrected chi connectivity index (χ4v) is 1.38. The number of hydrogen-bond acceptors (Lipinski definition) is 5. The molecule has 2 rings (SSSR count). The molecular formula is C12H14Cl2N2O3. The van der Waals surface area contributed by atoms with E-state index in [0.717, 1.165) is 0 Å². The molecule has 0 aliphatic carbocycles. The summed E-state index contributed by atoms with van der Waals surface area (Å²) in [4.78, 5) is 0. The monoisotopic (exact) mass is 304 g/mol. The molecule has 0 amide bonds. The van der Waals surface area contributed by atoms with E-state index in [9.17, 15) is 10.2 Å². The third-order valence-corrected chi connectivity index (χ3v) is 2.21. The fraction of sp³-hybridized carbons (Fsp3) is 0. The second kappa shape index (κ2) is 6.82. The molecule has 0 spiro atoms. The van der Waals surface area contributed by atoms with Gasteiger partial charge in [-0.3, -0.25) is 0 Å². The number of ether oxygens (including phenoxy) is 1. The van der Waals surface area contributed by atoms with Crippen molar-refractivity contribution in [2.45, 2.75) is 0 Å². The zero-order valence-corrected chi connectivity index (χ0v) is 11.4. The lowest BCUT2D eigenvalue weighted by Gasteiger charge is -2.10. The fourth-order valence-electron chi connectivity index (χ4n) is 1.38. The van der Waals surface area contributed by atoms with Crippen LogP contribution in [0.1, 0.15) is 0 Å². The van der Waals surface area contributed by atoms with E-state index in [0.29, 0.717) is 22.9 Å². The van der Waals surface area contributed by atoms with Crippen molar-refractivity contribution in [2.24, 2.45) is 0 Å². The smallest absolute Gasteiger partial charge is 0.150 e. The van der Waals surface area contributed by atoms with Gasteiger partial charge in [-0.15, -0.1) is 24.8 Å². The molecule has 0 saturated carbocycles. The molecule has 0 atom stereocenters. The Hall–Kier alpha value is -1.98. The van der Waals surface area contributed by atoms with Crippen LogP contribution < -0.4 is 16.2 Å². The van der Waals surface area contributed by atoms with Gasteiger partial charge in [-0.25, -0.2) is 0 Å². The van der Waals surface area contributed by atoms with Gasteiger partial charge in [-0.05, 0) is 24.3 Å². The summed E-state index contributed by atoms with van der Waals surface area (Å²) < 4.78 is 5.48. The normalized spacial score (nSPS) is 9.05. The number of rotatable bonds is 2. The molecule has 0 bridgehead atoms. The lowest BCUT2D eigenvalue weighted by molar-refractivity contribution is 0.462. The van der Waals surface area contributed by atoms with Crippen LogP contribution in [0.3, 0.4) is 0 Å². The number of hydrogen-bond donors (Lipinski definition) is 4. The van der Waals surface area contributed by atoms with Crippen LogP contribution in [0.5, 0.6) is 23.0 Å². The molecule has 0 heterocycles. The molecule has 2 aromatic rings. The van der Waals surface area contributed by atoms with E-state index in [1.165, 1.54) is 36.4 Å². The molecule has 0 radical (unpaired) electrons. The Morgan fingerprint density at radius 1 is 0.737 bits per heavy atom. The summed E-state index contributed by atoms with van der Waals surface area (Å²) in [6, 6.07) is 8.76. The van der Waals surface area contributed by atoms with Gasteiger partial charge in [0.25, 0.3) is 0 Å². The summed E-state index contributed by atoms with van der Waals surface area (Å²) in [7, 11) is 0. The molecule has 0 saturated heterocycles. The Labute approximate surface area is 122 Å². The first-order valence-corrected chi connectivity index (χ1v) is 4.91. The van der Waals surface area contributed by atoms with Gasteiger partial charge in [0.2, 0.25) is 0 Å². The lowest BCUT2D eigenvalue weighted by Crippen LogP contribution is -1.95. The molecule has 104 valence electrons. The van der Waals surface area contributed by atoms with Gasteiger partial charge in [0.15, 0.2) is 11.5 Å². The molecule has 5 nitrogen and oxygen atoms in total. The van der Waals surface area contributed by atoms with Crippen LogP contribution in [0.25, 0.3) is 0 Å². The van der Waals surface area contributed by atoms with Crippen molar-refractivity contribution < 1.29 is 14.9 Å². The maximum absolute atomic E-state index is 9.20. The zero-order chi connectivity index (χ0) is 12.4. The third-order valence-electron chi connectivity index (χ3n) is 2.21. The Balaban J connectivity index is 0.00000162. The van der Waals surface area contributed by atoms with E-state index < -0.39 is 0 Å². The van der Waals surface area contributed by atoms with Gasteiger partial charge in [0, 0.05) is 12.1 Å². The second-order valence-corrected chi connectivity index (χ2v) is 3.55. The lowest BCUT2D eigenvalue weighted by atomic mass is 10.2. The molecule has 0 aromatic heterocycles. The van der Waals surface area contributed by atoms with E-state index in [-0.39, 0.29) is 36.3 Å². The zero-order valence-electron chi connectivity index (χ0n) is 9.74. The number of nitrogen functional groups attached to an aromatic ring is 2. The average molecular weight is 305 g/mol. The standard InChI is InChI=1S/C12H12N2O3.2ClH/c13-9-5-7(15)1-3-11(9)17-12-4-2-8(16)6-10(12)14;;/h1-6,15-16H,13-14H2;2*1H. The number of benzene rings is 2. The van der Waals surface area contributed by atoms with Gasteiger partial charge < -0.3 is 26.4 Å². The number of phenolic OH excluding ortho intramolecular Hbond substituents is 2. The minimum absolute atomic E-state index is 0. The van der Waals surface area contributed by atoms with Crippen LogP contribution in [0.15, 0.2) is 36.4 Å². The van der Waals surface area contributed by atoms with Gasteiger partial charge in [0.05, 0.1) is 11.4 Å². The van der Waals surface area contributed by atoms with Crippen LogP contribution in [-0.4, -0.2) is 10.2 Å². The Morgan fingerprint density at radius 3 is 1.42 bits per heavy atom. The maximum atomic E-state index is 9.20. The Bertz CT molecular complexity index is 515. The van der Waals surface area contributed by atoms with Crippen molar-refractivity contribution in [3.8, 4) is 23.0 Å². The molecule has 0 unspecified atom stereocenters. The van der Waals surface area contributed by atoms with Crippen LogP contribution >= 0.6 is 24.8 Å². The molecule has 19 heavy (non-hydrogen) atoms. The first-order valence-electron chi connectivity index (χ1n) is 4.91. The van der Waals surface area contributed by atoms with Crippen molar-refractivity contribution in [1.82, 2.24) is 0 Å². The Morgan fingerprint density at radius 2 is 1.11 bits per heavy atom. The van der Waals surface area contributed by atoms with Gasteiger partial charge in [-0.2, -0.15) is 0 Å². The number of nitrogens with two attached hydrogens (primary N) is 2. The summed E-state index contributed by atoms with van der Waals surface area (Å²) in [5, 5.41) is 18.4. The van der Waals surface area contributed by atoms with Crippen LogP contribution in [0.4, 0.5) is 11.4 Å². The molecule has 6 N–H and O–H groups in total. The number of phenols is 2. The third kappa shape index (κ3) is 4.01. The number of anilines is 2. The maximum Gasteiger partial charge on any atom is 0.150 e. The van der Waals surface area contributed by atoms with Crippen molar-refractivity contribution in [1.29, 1.82) is 0 Å². The molecule has 0 aliphatic heterocycles. The highest BCUT2D eigenvalue weighted by atomic mass is 35.5. The second-order valence-electron chi connectivity index (χ2n) is 3.55. The van der Waals surface area contributed by atoms with Crippen molar-refractivity contribution in [2.75, 3.05) is 11.5 Å². The number of aromatic hydroxyl groups is 2. The SMILES string of the molecule is Cl.Cl.Nc1cc(O)ccc1Oc1ccc(O)cc1N. The summed E-state index contributed by atoms with van der Waals surface area (Å²) in [5.74, 6) is 0.905. The van der Waals surface area contributed by atoms with Gasteiger partial charge in [0.1, 0.15) is 11.5 Å². The van der Waals surface area contributed by atoms with Crippen molar-refractivity contribution in [3.63, 3.8) is 0 Å². The highest BCUT2D eigenvalue weighted by molar-refractivity contribution is 5.85. The quantitative estimate of drug-likeness (QED) is 0.639. The topological polar surface area (TPSA) is 102 Å². The highest BCUT2D eigenvalue weighted by Crippen LogP contribution is 2.34. The predicted octanol–water partition coefficient (Wildman–Crippen LogP) is 2.90. The molecule has 7 heteroatoms. The van der Waals surface area contributed by atoms with E-state index in [1.54, 1.807) is 0 Å². The predicted molar refractivity (Wildman–Crippen MR) is 79.6 cm³/mol. The summed E-state index contributed by atoms with van der Waals surface area (Å²) in [5.41, 5.74) is 12.0. The van der Waals surface area contributed by atoms with E-state index in [2.05, 4.69) is 0 Å². The van der Waals surface area contributed by atoms with E-state index in [1.807, 2.05) is 0 Å². The molecule has 0 aliphatic rings. The first-order chi connectivity index (χ1) is 8.06. The van der Waals surface area contributed by atoms with Gasteiger partial charge in [-0.1, -0.05) is 0 Å². The minimum atomic E-state index is 0. The van der Waals surface area contributed by atoms with Crippen LogP contribution in [-0.2, 0) is 0 Å². The molecule has 0 fully saturated rings. The largest absolute Gasteiger partial charge is 0.508 e. The van der Waals surface area contributed by atoms with Gasteiger partial charge >= 0.3 is 0 Å². The van der Waals surface area contributed by atoms with E-state index in [4.69, 9.17) is 16.2 Å². The van der Waals surface area contributed by atoms with Crippen LogP contribution in [0.2, 0.25) is 0 Å². The van der Waals surface area contributed by atoms with E-state index >= 15 is 0 Å². The van der Waals surface area contributed by atoms with Crippen LogP contribution in [0, 0.1) is 0 Å². The summed E-state index contributed by atoms with van der Waals surface area (Å²) in [6.45, 7) is 0. The average Bonchev–Trinajstić information content (AvgIpc) is 2.25. The highest BCUT2D eigenvalue weighted by Gasteiger charge is 2.06. The van der Waals surface area contributed by atoms with Crippen molar-refractivity contribution >= 4 is 36.2 Å².